The van der Waals surface area contributed by atoms with Gasteiger partial charge in [-0.1, -0.05) is 42.5 Å². The first-order valence-corrected chi connectivity index (χ1v) is 9.62. The molecule has 0 saturated carbocycles. The number of hydrogen-bond donors (Lipinski definition) is 1. The number of para-hydroxylation sites is 1. The summed E-state index contributed by atoms with van der Waals surface area (Å²) in [6.07, 6.45) is -0.719. The van der Waals surface area contributed by atoms with Crippen LogP contribution in [0.3, 0.4) is 0 Å². The number of rotatable bonds is 6. The van der Waals surface area contributed by atoms with Crippen molar-refractivity contribution >= 4 is 11.6 Å². The van der Waals surface area contributed by atoms with E-state index < -0.39 is 6.10 Å². The summed E-state index contributed by atoms with van der Waals surface area (Å²) in [5.74, 6) is 1.000. The zero-order valence-electron chi connectivity index (χ0n) is 16.7. The molecule has 6 heteroatoms. The van der Waals surface area contributed by atoms with Crippen molar-refractivity contribution in [2.45, 2.75) is 20.0 Å². The Morgan fingerprint density at radius 2 is 1.67 bits per heavy atom. The van der Waals surface area contributed by atoms with Crippen molar-refractivity contribution in [3.05, 3.63) is 84.4 Å². The first-order valence-electron chi connectivity index (χ1n) is 9.62. The average Bonchev–Trinajstić information content (AvgIpc) is 3.25. The van der Waals surface area contributed by atoms with E-state index in [2.05, 4.69) is 15.5 Å². The van der Waals surface area contributed by atoms with Crippen LogP contribution in [0.25, 0.3) is 22.9 Å². The zero-order valence-corrected chi connectivity index (χ0v) is 16.7. The Morgan fingerprint density at radius 3 is 2.47 bits per heavy atom. The highest BCUT2D eigenvalue weighted by Gasteiger charge is 2.19. The molecule has 0 fully saturated rings. The zero-order chi connectivity index (χ0) is 20.9. The van der Waals surface area contributed by atoms with Crippen LogP contribution in [0.1, 0.15) is 12.5 Å². The molecule has 3 aromatic carbocycles. The Labute approximate surface area is 174 Å². The number of benzene rings is 3. The second kappa shape index (κ2) is 8.61. The van der Waals surface area contributed by atoms with Crippen molar-refractivity contribution in [2.75, 3.05) is 5.32 Å². The smallest absolute Gasteiger partial charge is 0.265 e. The Balaban J connectivity index is 1.52. The summed E-state index contributed by atoms with van der Waals surface area (Å²) in [6, 6.07) is 24.4. The van der Waals surface area contributed by atoms with Crippen molar-refractivity contribution in [3.63, 3.8) is 0 Å². The van der Waals surface area contributed by atoms with Crippen LogP contribution >= 0.6 is 0 Å². The number of aromatic nitrogens is 2. The number of carbonyl (C=O) groups excluding carboxylic acids is 1. The number of nitrogens with one attached hydrogen (secondary N) is 1. The van der Waals surface area contributed by atoms with Crippen LogP contribution in [-0.4, -0.2) is 22.2 Å². The third-order valence-corrected chi connectivity index (χ3v) is 4.52. The quantitative estimate of drug-likeness (QED) is 0.487. The van der Waals surface area contributed by atoms with Gasteiger partial charge in [0.25, 0.3) is 11.8 Å². The topological polar surface area (TPSA) is 77.2 Å². The van der Waals surface area contributed by atoms with Gasteiger partial charge in [0.15, 0.2) is 6.10 Å². The second-order valence-corrected chi connectivity index (χ2v) is 6.89. The predicted octanol–water partition coefficient (Wildman–Crippen LogP) is 5.12. The Hall–Kier alpha value is -3.93. The average molecular weight is 399 g/mol. The van der Waals surface area contributed by atoms with E-state index in [-0.39, 0.29) is 5.91 Å². The van der Waals surface area contributed by atoms with Gasteiger partial charge in [-0.05, 0) is 55.8 Å². The molecule has 0 aliphatic heterocycles. The highest BCUT2D eigenvalue weighted by Crippen LogP contribution is 2.31. The molecule has 0 aliphatic rings. The van der Waals surface area contributed by atoms with E-state index in [0.29, 0.717) is 23.1 Å². The maximum absolute atomic E-state index is 12.6. The molecule has 1 amide bonds. The fourth-order valence-corrected chi connectivity index (χ4v) is 2.99. The molecule has 1 aromatic heterocycles. The number of amides is 1. The lowest BCUT2D eigenvalue weighted by molar-refractivity contribution is -0.122. The second-order valence-electron chi connectivity index (χ2n) is 6.89. The summed E-state index contributed by atoms with van der Waals surface area (Å²) in [5.41, 5.74) is 3.26. The van der Waals surface area contributed by atoms with Gasteiger partial charge in [0.05, 0.1) is 5.56 Å². The van der Waals surface area contributed by atoms with Crippen LogP contribution in [0.15, 0.2) is 83.3 Å². The molecule has 4 aromatic rings. The van der Waals surface area contributed by atoms with Gasteiger partial charge in [0, 0.05) is 11.3 Å². The standard InChI is InChI=1S/C24H21N3O3/c1-16-9-8-12-19(15-16)25-22(28)17(2)29-21-14-7-6-13-20(21)24-27-26-23(30-24)18-10-4-3-5-11-18/h3-15,17H,1-2H3,(H,25,28). The molecule has 150 valence electrons. The van der Waals surface area contributed by atoms with E-state index in [9.17, 15) is 4.79 Å². The van der Waals surface area contributed by atoms with Crippen molar-refractivity contribution in [3.8, 4) is 28.7 Å². The van der Waals surface area contributed by atoms with Crippen LogP contribution in [0.2, 0.25) is 0 Å². The van der Waals surface area contributed by atoms with Crippen LogP contribution in [0, 0.1) is 6.92 Å². The minimum atomic E-state index is -0.719. The minimum absolute atomic E-state index is 0.245. The molecule has 0 saturated heterocycles. The molecule has 1 unspecified atom stereocenters. The lowest BCUT2D eigenvalue weighted by Gasteiger charge is -2.16. The summed E-state index contributed by atoms with van der Waals surface area (Å²) < 4.78 is 11.8. The van der Waals surface area contributed by atoms with Crippen LogP contribution in [0.4, 0.5) is 5.69 Å². The van der Waals surface area contributed by atoms with E-state index in [0.717, 1.165) is 16.8 Å². The summed E-state index contributed by atoms with van der Waals surface area (Å²) in [4.78, 5) is 12.6. The number of nitrogens with zero attached hydrogens (tertiary/aromatic N) is 2. The minimum Gasteiger partial charge on any atom is -0.480 e. The monoisotopic (exact) mass is 399 g/mol. The van der Waals surface area contributed by atoms with Crippen molar-refractivity contribution in [1.29, 1.82) is 0 Å². The van der Waals surface area contributed by atoms with E-state index in [1.54, 1.807) is 13.0 Å². The number of hydrogen-bond acceptors (Lipinski definition) is 5. The maximum Gasteiger partial charge on any atom is 0.265 e. The molecular weight excluding hydrogens is 378 g/mol. The molecule has 0 bridgehead atoms. The van der Waals surface area contributed by atoms with E-state index in [1.807, 2.05) is 79.7 Å². The largest absolute Gasteiger partial charge is 0.480 e. The molecular formula is C24H21N3O3. The van der Waals surface area contributed by atoms with Gasteiger partial charge in [-0.3, -0.25) is 4.79 Å². The van der Waals surface area contributed by atoms with E-state index in [4.69, 9.17) is 9.15 Å². The fraction of sp³-hybridized carbons (Fsp3) is 0.125. The number of anilines is 1. The van der Waals surface area contributed by atoms with Gasteiger partial charge in [0.1, 0.15) is 5.75 Å². The highest BCUT2D eigenvalue weighted by atomic mass is 16.5. The molecule has 30 heavy (non-hydrogen) atoms. The fourth-order valence-electron chi connectivity index (χ4n) is 2.99. The number of ether oxygens (including phenoxy) is 1. The van der Waals surface area contributed by atoms with Crippen LogP contribution in [0.5, 0.6) is 5.75 Å². The van der Waals surface area contributed by atoms with E-state index >= 15 is 0 Å². The molecule has 1 heterocycles. The van der Waals surface area contributed by atoms with Gasteiger partial charge in [-0.2, -0.15) is 0 Å². The van der Waals surface area contributed by atoms with Crippen LogP contribution in [-0.2, 0) is 4.79 Å². The van der Waals surface area contributed by atoms with Gasteiger partial charge < -0.3 is 14.5 Å². The lowest BCUT2D eigenvalue weighted by atomic mass is 10.2. The Morgan fingerprint density at radius 1 is 0.933 bits per heavy atom. The lowest BCUT2D eigenvalue weighted by Crippen LogP contribution is -2.30. The summed E-state index contributed by atoms with van der Waals surface area (Å²) >= 11 is 0. The van der Waals surface area contributed by atoms with Gasteiger partial charge in [-0.25, -0.2) is 0 Å². The Bertz CT molecular complexity index is 1160. The van der Waals surface area contributed by atoms with Crippen molar-refractivity contribution < 1.29 is 13.9 Å². The van der Waals surface area contributed by atoms with E-state index in [1.165, 1.54) is 0 Å². The molecule has 0 aliphatic carbocycles. The molecule has 0 spiro atoms. The Kier molecular flexibility index (Phi) is 5.57. The van der Waals surface area contributed by atoms with Crippen LogP contribution < -0.4 is 10.1 Å². The summed E-state index contributed by atoms with van der Waals surface area (Å²) in [7, 11) is 0. The molecule has 1 N–H and O–H groups in total. The van der Waals surface area contributed by atoms with Gasteiger partial charge in [0.2, 0.25) is 5.89 Å². The van der Waals surface area contributed by atoms with Gasteiger partial charge >= 0.3 is 0 Å². The highest BCUT2D eigenvalue weighted by molar-refractivity contribution is 5.94. The van der Waals surface area contributed by atoms with Crippen molar-refractivity contribution in [1.82, 2.24) is 10.2 Å². The normalized spacial score (nSPS) is 11.7. The van der Waals surface area contributed by atoms with Gasteiger partial charge in [-0.15, -0.1) is 10.2 Å². The maximum atomic E-state index is 12.6. The first kappa shape index (κ1) is 19.4. The molecule has 0 radical (unpaired) electrons. The molecule has 1 atom stereocenters. The SMILES string of the molecule is Cc1cccc(NC(=O)C(C)Oc2ccccc2-c2nnc(-c3ccccc3)o2)c1. The molecule has 4 rings (SSSR count). The summed E-state index contributed by atoms with van der Waals surface area (Å²) in [6.45, 7) is 3.67. The first-order chi connectivity index (χ1) is 14.6. The molecule has 6 nitrogen and oxygen atoms in total. The number of aryl methyl sites for hydroxylation is 1. The van der Waals surface area contributed by atoms with Crippen molar-refractivity contribution in [2.24, 2.45) is 0 Å². The number of carbonyl (C=O) groups is 1. The summed E-state index contributed by atoms with van der Waals surface area (Å²) in [5, 5.41) is 11.2. The third-order valence-electron chi connectivity index (χ3n) is 4.52. The third kappa shape index (κ3) is 4.38. The predicted molar refractivity (Wildman–Crippen MR) is 115 cm³/mol.